The van der Waals surface area contributed by atoms with E-state index in [0.717, 1.165) is 12.1 Å². The van der Waals surface area contributed by atoms with Crippen LogP contribution in [0.2, 0.25) is 0 Å². The van der Waals surface area contributed by atoms with Gasteiger partial charge in [0, 0.05) is 12.1 Å². The van der Waals surface area contributed by atoms with Crippen LogP contribution in [0.3, 0.4) is 0 Å². The van der Waals surface area contributed by atoms with Crippen LogP contribution in [0.4, 0.5) is 8.78 Å². The fourth-order valence-corrected chi connectivity index (χ4v) is 1.54. The first-order valence-electron chi connectivity index (χ1n) is 5.55. The van der Waals surface area contributed by atoms with E-state index in [-0.39, 0.29) is 17.6 Å². The molecule has 1 unspecified atom stereocenters. The van der Waals surface area contributed by atoms with Crippen LogP contribution in [0.5, 0.6) is 0 Å². The average molecular weight is 243 g/mol. The summed E-state index contributed by atoms with van der Waals surface area (Å²) in [5.74, 6) is -1.46. The van der Waals surface area contributed by atoms with Gasteiger partial charge in [0.2, 0.25) is 0 Å². The average Bonchev–Trinajstić information content (AvgIpc) is 2.13. The summed E-state index contributed by atoms with van der Waals surface area (Å²) in [5.41, 5.74) is -2.11. The highest BCUT2D eigenvalue weighted by atomic mass is 19.1. The molecule has 4 heteroatoms. The van der Waals surface area contributed by atoms with Crippen LogP contribution < -0.4 is 5.32 Å². The Hall–Kier alpha value is -1.00. The van der Waals surface area contributed by atoms with Crippen molar-refractivity contribution >= 4 is 0 Å². The van der Waals surface area contributed by atoms with Gasteiger partial charge in [-0.3, -0.25) is 0 Å². The van der Waals surface area contributed by atoms with E-state index in [0.29, 0.717) is 0 Å². The lowest BCUT2D eigenvalue weighted by molar-refractivity contribution is 0.0428. The van der Waals surface area contributed by atoms with Gasteiger partial charge < -0.3 is 10.4 Å². The number of aliphatic hydroxyl groups is 1. The summed E-state index contributed by atoms with van der Waals surface area (Å²) in [7, 11) is 0. The van der Waals surface area contributed by atoms with Crippen LogP contribution in [0.15, 0.2) is 18.2 Å². The monoisotopic (exact) mass is 243 g/mol. The summed E-state index contributed by atoms with van der Waals surface area (Å²) in [5, 5.41) is 13.2. The van der Waals surface area contributed by atoms with E-state index in [1.165, 1.54) is 13.0 Å². The van der Waals surface area contributed by atoms with E-state index >= 15 is 0 Å². The molecule has 1 atom stereocenters. The van der Waals surface area contributed by atoms with Gasteiger partial charge in [0.25, 0.3) is 0 Å². The molecule has 96 valence electrons. The van der Waals surface area contributed by atoms with Gasteiger partial charge in [-0.05, 0) is 39.8 Å². The fraction of sp³-hybridized carbons (Fsp3) is 0.538. The second-order valence-electron chi connectivity index (χ2n) is 5.47. The van der Waals surface area contributed by atoms with Gasteiger partial charge in [-0.2, -0.15) is 0 Å². The van der Waals surface area contributed by atoms with Gasteiger partial charge in [-0.1, -0.05) is 6.07 Å². The fourth-order valence-electron chi connectivity index (χ4n) is 1.54. The molecule has 0 radical (unpaired) electrons. The van der Waals surface area contributed by atoms with Crippen molar-refractivity contribution in [1.29, 1.82) is 0 Å². The molecular weight excluding hydrogens is 224 g/mol. The van der Waals surface area contributed by atoms with Crippen molar-refractivity contribution in [2.75, 3.05) is 6.54 Å². The normalized spacial score (nSPS) is 15.7. The highest BCUT2D eigenvalue weighted by molar-refractivity contribution is 5.26. The zero-order chi connectivity index (χ0) is 13.3. The first kappa shape index (κ1) is 14.1. The maximum absolute atomic E-state index is 13.5. The molecule has 0 aliphatic carbocycles. The zero-order valence-corrected chi connectivity index (χ0v) is 10.6. The summed E-state index contributed by atoms with van der Waals surface area (Å²) in [6.07, 6.45) is 0. The Bertz CT molecular complexity index is 377. The molecule has 17 heavy (non-hydrogen) atoms. The highest BCUT2D eigenvalue weighted by Gasteiger charge is 2.31. The summed E-state index contributed by atoms with van der Waals surface area (Å²) >= 11 is 0. The maximum atomic E-state index is 13.5. The third-order valence-electron chi connectivity index (χ3n) is 2.46. The van der Waals surface area contributed by atoms with Crippen molar-refractivity contribution in [2.45, 2.75) is 38.8 Å². The van der Waals surface area contributed by atoms with Crippen molar-refractivity contribution < 1.29 is 13.9 Å². The predicted octanol–water partition coefficient (Wildman–Crippen LogP) is 2.56. The molecule has 2 N–H and O–H groups in total. The molecule has 0 aromatic heterocycles. The summed E-state index contributed by atoms with van der Waals surface area (Å²) in [6.45, 7) is 7.23. The van der Waals surface area contributed by atoms with E-state index in [1.807, 2.05) is 20.8 Å². The molecule has 1 aromatic rings. The number of hydrogen-bond acceptors (Lipinski definition) is 2. The third-order valence-corrected chi connectivity index (χ3v) is 2.46. The number of benzene rings is 1. The molecule has 1 rings (SSSR count). The largest absolute Gasteiger partial charge is 0.384 e. The molecule has 0 bridgehead atoms. The SMILES string of the molecule is CC(C)(C)NCC(C)(O)c1c(F)cccc1F. The molecule has 0 aliphatic rings. The molecule has 0 spiro atoms. The van der Waals surface area contributed by atoms with Gasteiger partial charge in [0.05, 0.1) is 5.56 Å². The molecule has 0 saturated heterocycles. The highest BCUT2D eigenvalue weighted by Crippen LogP contribution is 2.26. The Labute approximate surface area is 101 Å². The Kier molecular flexibility index (Phi) is 3.89. The van der Waals surface area contributed by atoms with Crippen molar-refractivity contribution in [3.8, 4) is 0 Å². The van der Waals surface area contributed by atoms with Gasteiger partial charge in [0.15, 0.2) is 0 Å². The zero-order valence-electron chi connectivity index (χ0n) is 10.6. The molecule has 1 aromatic carbocycles. The summed E-state index contributed by atoms with van der Waals surface area (Å²) < 4.78 is 27.1. The van der Waals surface area contributed by atoms with Gasteiger partial charge in [-0.15, -0.1) is 0 Å². The molecule has 0 saturated carbocycles. The maximum Gasteiger partial charge on any atom is 0.132 e. The van der Waals surface area contributed by atoms with Crippen molar-refractivity contribution in [3.05, 3.63) is 35.4 Å². The van der Waals surface area contributed by atoms with Crippen molar-refractivity contribution in [2.24, 2.45) is 0 Å². The number of rotatable bonds is 3. The van der Waals surface area contributed by atoms with Crippen molar-refractivity contribution in [3.63, 3.8) is 0 Å². The van der Waals surface area contributed by atoms with Gasteiger partial charge in [-0.25, -0.2) is 8.78 Å². The van der Waals surface area contributed by atoms with Crippen LogP contribution in [0.1, 0.15) is 33.3 Å². The van der Waals surface area contributed by atoms with Crippen LogP contribution >= 0.6 is 0 Å². The Morgan fingerprint density at radius 2 is 1.59 bits per heavy atom. The second-order valence-corrected chi connectivity index (χ2v) is 5.47. The van der Waals surface area contributed by atoms with E-state index in [1.54, 1.807) is 0 Å². The van der Waals surface area contributed by atoms with Crippen LogP contribution in [0, 0.1) is 11.6 Å². The molecule has 2 nitrogen and oxygen atoms in total. The Morgan fingerprint density at radius 1 is 1.12 bits per heavy atom. The molecule has 0 amide bonds. The van der Waals surface area contributed by atoms with E-state index < -0.39 is 17.2 Å². The molecule has 0 aliphatic heterocycles. The number of hydrogen-bond donors (Lipinski definition) is 2. The second kappa shape index (κ2) is 4.70. The van der Waals surface area contributed by atoms with Gasteiger partial charge >= 0.3 is 0 Å². The Balaban J connectivity index is 2.97. The van der Waals surface area contributed by atoms with Gasteiger partial charge in [0.1, 0.15) is 17.2 Å². The first-order chi connectivity index (χ1) is 7.63. The van der Waals surface area contributed by atoms with Crippen LogP contribution in [0.25, 0.3) is 0 Å². The number of nitrogens with one attached hydrogen (secondary N) is 1. The summed E-state index contributed by atoms with van der Waals surface area (Å²) in [6, 6.07) is 3.56. The summed E-state index contributed by atoms with van der Waals surface area (Å²) in [4.78, 5) is 0. The lowest BCUT2D eigenvalue weighted by atomic mass is 9.93. The minimum Gasteiger partial charge on any atom is -0.384 e. The minimum atomic E-state index is -1.58. The number of β-amino-alcohol motifs (C(OH)–C–C–N with tert-alkyl or cyclic N) is 1. The Morgan fingerprint density at radius 3 is 2.00 bits per heavy atom. The molecular formula is C13H19F2NO. The standard InChI is InChI=1S/C13H19F2NO/c1-12(2,3)16-8-13(4,17)11-9(14)6-5-7-10(11)15/h5-7,16-17H,8H2,1-4H3. The quantitative estimate of drug-likeness (QED) is 0.855. The van der Waals surface area contributed by atoms with E-state index in [9.17, 15) is 13.9 Å². The van der Waals surface area contributed by atoms with E-state index in [2.05, 4.69) is 5.32 Å². The minimum absolute atomic E-state index is 0.0777. The van der Waals surface area contributed by atoms with Crippen LogP contribution in [-0.4, -0.2) is 17.2 Å². The molecule has 0 fully saturated rings. The topological polar surface area (TPSA) is 32.3 Å². The third kappa shape index (κ3) is 3.75. The lowest BCUT2D eigenvalue weighted by Gasteiger charge is -2.30. The van der Waals surface area contributed by atoms with E-state index in [4.69, 9.17) is 0 Å². The predicted molar refractivity (Wildman–Crippen MR) is 63.7 cm³/mol. The molecule has 0 heterocycles. The first-order valence-corrected chi connectivity index (χ1v) is 5.55. The lowest BCUT2D eigenvalue weighted by Crippen LogP contribution is -2.45. The number of halogens is 2. The van der Waals surface area contributed by atoms with Crippen LogP contribution in [-0.2, 0) is 5.60 Å². The van der Waals surface area contributed by atoms with Crippen molar-refractivity contribution in [1.82, 2.24) is 5.32 Å². The smallest absolute Gasteiger partial charge is 0.132 e.